The second kappa shape index (κ2) is 7.72. The second-order valence-electron chi connectivity index (χ2n) is 5.78. The number of rotatable bonds is 7. The summed E-state index contributed by atoms with van der Waals surface area (Å²) in [6.07, 6.45) is 2.00. The molecule has 0 fully saturated rings. The number of aromatic nitrogens is 1. The highest BCUT2D eigenvalue weighted by Crippen LogP contribution is 2.32. The van der Waals surface area contributed by atoms with Crippen LogP contribution in [0.3, 0.4) is 0 Å². The minimum atomic E-state index is -0.409. The largest absolute Gasteiger partial charge is 0.383 e. The number of benzene rings is 2. The minimum Gasteiger partial charge on any atom is -0.383 e. The molecule has 0 aliphatic heterocycles. The summed E-state index contributed by atoms with van der Waals surface area (Å²) >= 11 is 0. The number of hydrogen-bond acceptors (Lipinski definition) is 5. The van der Waals surface area contributed by atoms with Gasteiger partial charge in [-0.1, -0.05) is 48.5 Å². The van der Waals surface area contributed by atoms with Crippen molar-refractivity contribution < 1.29 is 9.66 Å². The Morgan fingerprint density at radius 2 is 1.88 bits per heavy atom. The smallest absolute Gasteiger partial charge is 0.311 e. The summed E-state index contributed by atoms with van der Waals surface area (Å²) in [6.45, 7) is 0.433. The predicted octanol–water partition coefficient (Wildman–Crippen LogP) is 3.81. The fraction of sp³-hybridized carbons (Fsp3) is 0.211. The van der Waals surface area contributed by atoms with E-state index < -0.39 is 4.92 Å². The molecule has 0 amide bonds. The average molecular weight is 337 g/mol. The Kier molecular flexibility index (Phi) is 5.20. The van der Waals surface area contributed by atoms with Crippen LogP contribution in [-0.2, 0) is 11.2 Å². The molecule has 3 aromatic rings. The van der Waals surface area contributed by atoms with Crippen molar-refractivity contribution in [3.8, 4) is 0 Å². The first kappa shape index (κ1) is 16.9. The molecule has 0 bridgehead atoms. The number of ether oxygens (including phenoxy) is 1. The van der Waals surface area contributed by atoms with E-state index in [-0.39, 0.29) is 11.7 Å². The number of para-hydroxylation sites is 1. The van der Waals surface area contributed by atoms with Crippen molar-refractivity contribution in [3.63, 3.8) is 0 Å². The Bertz CT molecular complexity index is 868. The van der Waals surface area contributed by atoms with Gasteiger partial charge in [-0.25, -0.2) is 4.98 Å². The monoisotopic (exact) mass is 337 g/mol. The van der Waals surface area contributed by atoms with Gasteiger partial charge in [0.25, 0.3) is 0 Å². The van der Waals surface area contributed by atoms with Crippen molar-refractivity contribution in [2.24, 2.45) is 0 Å². The van der Waals surface area contributed by atoms with Crippen molar-refractivity contribution in [3.05, 3.63) is 76.5 Å². The Hall–Kier alpha value is -2.99. The predicted molar refractivity (Wildman–Crippen MR) is 97.8 cm³/mol. The molecular formula is C19H19N3O3. The first-order valence-corrected chi connectivity index (χ1v) is 8.00. The highest BCUT2D eigenvalue weighted by molar-refractivity contribution is 5.95. The second-order valence-corrected chi connectivity index (χ2v) is 5.78. The topological polar surface area (TPSA) is 77.3 Å². The van der Waals surface area contributed by atoms with Crippen LogP contribution in [0.1, 0.15) is 5.56 Å². The van der Waals surface area contributed by atoms with E-state index in [0.717, 1.165) is 10.9 Å². The molecule has 2 aromatic carbocycles. The molecule has 0 saturated heterocycles. The van der Waals surface area contributed by atoms with Gasteiger partial charge in [-0.15, -0.1) is 0 Å². The van der Waals surface area contributed by atoms with Crippen LogP contribution in [0, 0.1) is 10.1 Å². The van der Waals surface area contributed by atoms with E-state index in [1.807, 2.05) is 54.6 Å². The lowest BCUT2D eigenvalue weighted by atomic mass is 10.1. The zero-order valence-corrected chi connectivity index (χ0v) is 13.9. The summed E-state index contributed by atoms with van der Waals surface area (Å²) in [5.74, 6) is 0. The molecule has 0 aliphatic carbocycles. The number of hydrogen-bond donors (Lipinski definition) is 1. The fourth-order valence-electron chi connectivity index (χ4n) is 2.88. The van der Waals surface area contributed by atoms with E-state index in [1.165, 1.54) is 6.20 Å². The molecule has 1 atom stereocenters. The van der Waals surface area contributed by atoms with Crippen LogP contribution in [-0.4, -0.2) is 29.7 Å². The summed E-state index contributed by atoms with van der Waals surface area (Å²) in [5.41, 5.74) is 2.30. The van der Waals surface area contributed by atoms with E-state index in [2.05, 4.69) is 10.3 Å². The molecule has 1 heterocycles. The number of anilines is 1. The van der Waals surface area contributed by atoms with E-state index in [9.17, 15) is 10.1 Å². The third-order valence-corrected chi connectivity index (χ3v) is 3.99. The maximum Gasteiger partial charge on any atom is 0.311 e. The van der Waals surface area contributed by atoms with Gasteiger partial charge in [-0.05, 0) is 18.1 Å². The third kappa shape index (κ3) is 3.92. The van der Waals surface area contributed by atoms with Gasteiger partial charge in [0.05, 0.1) is 23.1 Å². The van der Waals surface area contributed by atoms with E-state index in [1.54, 1.807) is 7.11 Å². The van der Waals surface area contributed by atoms with Crippen LogP contribution in [0.4, 0.5) is 11.4 Å². The normalized spacial score (nSPS) is 12.0. The molecule has 6 nitrogen and oxygen atoms in total. The average Bonchev–Trinajstić information content (AvgIpc) is 2.63. The summed E-state index contributed by atoms with van der Waals surface area (Å²) in [7, 11) is 1.62. The number of methoxy groups -OCH3 is 1. The van der Waals surface area contributed by atoms with Crippen molar-refractivity contribution in [1.29, 1.82) is 0 Å². The maximum absolute atomic E-state index is 11.5. The zero-order chi connectivity index (χ0) is 17.6. The van der Waals surface area contributed by atoms with Gasteiger partial charge in [0, 0.05) is 12.5 Å². The lowest BCUT2D eigenvalue weighted by Crippen LogP contribution is -2.28. The van der Waals surface area contributed by atoms with Gasteiger partial charge < -0.3 is 10.1 Å². The molecule has 0 aliphatic rings. The lowest BCUT2D eigenvalue weighted by molar-refractivity contribution is -0.384. The lowest BCUT2D eigenvalue weighted by Gasteiger charge is -2.20. The van der Waals surface area contributed by atoms with Gasteiger partial charge in [-0.3, -0.25) is 10.1 Å². The summed E-state index contributed by atoms with van der Waals surface area (Å²) in [5, 5.41) is 15.5. The fourth-order valence-corrected chi connectivity index (χ4v) is 2.88. The van der Waals surface area contributed by atoms with Gasteiger partial charge in [0.15, 0.2) is 0 Å². The molecule has 1 N–H and O–H groups in total. The SMILES string of the molecule is COCC(Cc1ccccc1)Nc1c([N+](=O)[O-])cnc2ccccc12. The number of pyridine rings is 1. The Balaban J connectivity index is 1.98. The highest BCUT2D eigenvalue weighted by atomic mass is 16.6. The van der Waals surface area contributed by atoms with E-state index in [4.69, 9.17) is 4.74 Å². The van der Waals surface area contributed by atoms with Crippen LogP contribution in [0.25, 0.3) is 10.9 Å². The first-order chi connectivity index (χ1) is 12.2. The maximum atomic E-state index is 11.5. The van der Waals surface area contributed by atoms with Gasteiger partial charge in [0.2, 0.25) is 0 Å². The minimum absolute atomic E-state index is 0.0344. The highest BCUT2D eigenvalue weighted by Gasteiger charge is 2.21. The van der Waals surface area contributed by atoms with Crippen LogP contribution in [0.2, 0.25) is 0 Å². The van der Waals surface area contributed by atoms with Crippen molar-refractivity contribution in [2.75, 3.05) is 19.0 Å². The molecule has 0 spiro atoms. The Labute approximate surface area is 145 Å². The summed E-state index contributed by atoms with van der Waals surface area (Å²) in [4.78, 5) is 15.2. The molecule has 3 rings (SSSR count). The molecule has 1 unspecified atom stereocenters. The number of fused-ring (bicyclic) bond motifs is 1. The van der Waals surface area contributed by atoms with Gasteiger partial charge >= 0.3 is 5.69 Å². The molecule has 0 radical (unpaired) electrons. The number of nitrogens with zero attached hydrogens (tertiary/aromatic N) is 2. The molecule has 1 aromatic heterocycles. The molecular weight excluding hydrogens is 318 g/mol. The Morgan fingerprint density at radius 3 is 2.60 bits per heavy atom. The van der Waals surface area contributed by atoms with E-state index in [0.29, 0.717) is 24.2 Å². The van der Waals surface area contributed by atoms with Crippen LogP contribution in [0.5, 0.6) is 0 Å². The van der Waals surface area contributed by atoms with Crippen molar-refractivity contribution in [2.45, 2.75) is 12.5 Å². The molecule has 128 valence electrons. The Morgan fingerprint density at radius 1 is 1.16 bits per heavy atom. The number of nitro groups is 1. The van der Waals surface area contributed by atoms with Crippen molar-refractivity contribution in [1.82, 2.24) is 4.98 Å². The quantitative estimate of drug-likeness (QED) is 0.524. The third-order valence-electron chi connectivity index (χ3n) is 3.99. The van der Waals surface area contributed by atoms with Gasteiger partial charge in [-0.2, -0.15) is 0 Å². The van der Waals surface area contributed by atoms with Crippen LogP contribution >= 0.6 is 0 Å². The first-order valence-electron chi connectivity index (χ1n) is 8.00. The standard InChI is InChI=1S/C19H19N3O3/c1-25-13-15(11-14-7-3-2-4-8-14)21-19-16-9-5-6-10-17(16)20-12-18(19)22(23)24/h2-10,12,15H,11,13H2,1H3,(H,20,21). The van der Waals surface area contributed by atoms with E-state index >= 15 is 0 Å². The molecule has 6 heteroatoms. The molecule has 25 heavy (non-hydrogen) atoms. The summed E-state index contributed by atoms with van der Waals surface area (Å²) < 4.78 is 5.31. The molecule has 0 saturated carbocycles. The summed E-state index contributed by atoms with van der Waals surface area (Å²) in [6, 6.07) is 17.3. The van der Waals surface area contributed by atoms with Gasteiger partial charge in [0.1, 0.15) is 11.9 Å². The van der Waals surface area contributed by atoms with Crippen LogP contribution in [0.15, 0.2) is 60.8 Å². The zero-order valence-electron chi connectivity index (χ0n) is 13.9. The van der Waals surface area contributed by atoms with Crippen LogP contribution < -0.4 is 5.32 Å². The van der Waals surface area contributed by atoms with Crippen molar-refractivity contribution >= 4 is 22.3 Å². The number of nitrogens with one attached hydrogen (secondary N) is 1.